The van der Waals surface area contributed by atoms with Gasteiger partial charge in [-0.2, -0.15) is 0 Å². The quantitative estimate of drug-likeness (QED) is 0.643. The second-order valence-corrected chi connectivity index (χ2v) is 3.61. The summed E-state index contributed by atoms with van der Waals surface area (Å²) >= 11 is 0. The van der Waals surface area contributed by atoms with Crippen LogP contribution in [0.25, 0.3) is 0 Å². The second-order valence-electron chi connectivity index (χ2n) is 3.61. The first-order valence-electron chi connectivity index (χ1n) is 4.38. The van der Waals surface area contributed by atoms with E-state index in [9.17, 15) is 5.11 Å². The summed E-state index contributed by atoms with van der Waals surface area (Å²) in [7, 11) is 1.68. The minimum absolute atomic E-state index is 0.319. The van der Waals surface area contributed by atoms with Crippen LogP contribution >= 0.6 is 0 Å². The minimum atomic E-state index is -0.319. The van der Waals surface area contributed by atoms with Crippen molar-refractivity contribution in [3.63, 3.8) is 0 Å². The number of ether oxygens (including phenoxy) is 1. The average molecular weight is 172 g/mol. The molecular weight excluding hydrogens is 152 g/mol. The van der Waals surface area contributed by atoms with Gasteiger partial charge in [-0.15, -0.1) is 0 Å². The lowest BCUT2D eigenvalue weighted by molar-refractivity contribution is 0.121. The largest absolute Gasteiger partial charge is 0.389 e. The van der Waals surface area contributed by atoms with Gasteiger partial charge in [0.05, 0.1) is 6.10 Å². The molecule has 0 spiro atoms. The fourth-order valence-corrected chi connectivity index (χ4v) is 1.22. The molecule has 0 aliphatic heterocycles. The van der Waals surface area contributed by atoms with Crippen molar-refractivity contribution in [2.45, 2.75) is 33.3 Å². The molecule has 2 unspecified atom stereocenters. The molecule has 0 saturated heterocycles. The van der Waals surface area contributed by atoms with Crippen molar-refractivity contribution < 1.29 is 9.84 Å². The highest BCUT2D eigenvalue weighted by molar-refractivity contribution is 4.97. The third-order valence-electron chi connectivity index (χ3n) is 1.62. The first kappa shape index (κ1) is 11.7. The van der Waals surface area contributed by atoms with Crippen molar-refractivity contribution in [3.05, 3.63) is 11.6 Å². The summed E-state index contributed by atoms with van der Waals surface area (Å²) in [6.45, 7) is 6.77. The molecular formula is C10H20O2. The number of allylic oxidation sites excluding steroid dienone is 1. The molecule has 1 N–H and O–H groups in total. The van der Waals surface area contributed by atoms with Crippen LogP contribution in [0.1, 0.15) is 27.2 Å². The molecule has 0 rings (SSSR count). The number of aliphatic hydroxyl groups is 1. The lowest BCUT2D eigenvalue weighted by Gasteiger charge is -2.12. The third kappa shape index (κ3) is 6.38. The summed E-state index contributed by atoms with van der Waals surface area (Å²) in [5, 5.41) is 9.48. The van der Waals surface area contributed by atoms with E-state index in [1.807, 2.05) is 19.9 Å². The SMILES string of the molecule is COCC(C)CC(O)C=C(C)C. The van der Waals surface area contributed by atoms with E-state index in [0.717, 1.165) is 12.0 Å². The molecule has 2 heteroatoms. The van der Waals surface area contributed by atoms with Gasteiger partial charge in [-0.05, 0) is 26.2 Å². The van der Waals surface area contributed by atoms with E-state index < -0.39 is 0 Å². The van der Waals surface area contributed by atoms with Gasteiger partial charge >= 0.3 is 0 Å². The first-order chi connectivity index (χ1) is 5.56. The van der Waals surface area contributed by atoms with Crippen molar-refractivity contribution in [2.75, 3.05) is 13.7 Å². The maximum absolute atomic E-state index is 9.48. The van der Waals surface area contributed by atoms with Crippen LogP contribution in [-0.4, -0.2) is 24.9 Å². The van der Waals surface area contributed by atoms with Gasteiger partial charge in [0.15, 0.2) is 0 Å². The first-order valence-corrected chi connectivity index (χ1v) is 4.38. The van der Waals surface area contributed by atoms with E-state index >= 15 is 0 Å². The maximum Gasteiger partial charge on any atom is 0.0726 e. The van der Waals surface area contributed by atoms with Crippen LogP contribution in [-0.2, 0) is 4.74 Å². The summed E-state index contributed by atoms with van der Waals surface area (Å²) in [6.07, 6.45) is 2.34. The molecule has 0 radical (unpaired) electrons. The summed E-state index contributed by atoms with van der Waals surface area (Å²) in [4.78, 5) is 0. The fourth-order valence-electron chi connectivity index (χ4n) is 1.22. The van der Waals surface area contributed by atoms with Crippen LogP contribution in [0.4, 0.5) is 0 Å². The Morgan fingerprint density at radius 2 is 2.08 bits per heavy atom. The summed E-state index contributed by atoms with van der Waals surface area (Å²) in [6, 6.07) is 0. The predicted octanol–water partition coefficient (Wildman–Crippen LogP) is 1.99. The van der Waals surface area contributed by atoms with Gasteiger partial charge in [0, 0.05) is 13.7 Å². The predicted molar refractivity (Wildman–Crippen MR) is 51.1 cm³/mol. The Labute approximate surface area is 75.2 Å². The van der Waals surface area contributed by atoms with Gasteiger partial charge in [-0.1, -0.05) is 18.6 Å². The van der Waals surface area contributed by atoms with E-state index in [2.05, 4.69) is 6.92 Å². The van der Waals surface area contributed by atoms with E-state index in [4.69, 9.17) is 4.74 Å². The summed E-state index contributed by atoms with van der Waals surface area (Å²) < 4.78 is 4.98. The number of methoxy groups -OCH3 is 1. The van der Waals surface area contributed by atoms with Gasteiger partial charge < -0.3 is 9.84 Å². The van der Waals surface area contributed by atoms with Gasteiger partial charge in [0.2, 0.25) is 0 Å². The fraction of sp³-hybridized carbons (Fsp3) is 0.800. The molecule has 0 amide bonds. The van der Waals surface area contributed by atoms with E-state index in [1.54, 1.807) is 7.11 Å². The zero-order valence-electron chi connectivity index (χ0n) is 8.50. The monoisotopic (exact) mass is 172 g/mol. The Morgan fingerprint density at radius 1 is 1.50 bits per heavy atom. The topological polar surface area (TPSA) is 29.5 Å². The van der Waals surface area contributed by atoms with Gasteiger partial charge in [-0.3, -0.25) is 0 Å². The Balaban J connectivity index is 3.68. The van der Waals surface area contributed by atoms with Crippen molar-refractivity contribution >= 4 is 0 Å². The lowest BCUT2D eigenvalue weighted by atomic mass is 10.0. The van der Waals surface area contributed by atoms with Crippen molar-refractivity contribution in [1.29, 1.82) is 0 Å². The Hall–Kier alpha value is -0.340. The zero-order chi connectivity index (χ0) is 9.56. The second kappa shape index (κ2) is 6.21. The Kier molecular flexibility index (Phi) is 6.03. The number of hydrogen-bond donors (Lipinski definition) is 1. The molecule has 0 aliphatic rings. The Bertz CT molecular complexity index is 137. The normalized spacial score (nSPS) is 15.4. The van der Waals surface area contributed by atoms with Gasteiger partial charge in [0.25, 0.3) is 0 Å². The number of hydrogen-bond acceptors (Lipinski definition) is 2. The van der Waals surface area contributed by atoms with Crippen LogP contribution in [0.5, 0.6) is 0 Å². The zero-order valence-corrected chi connectivity index (χ0v) is 8.50. The molecule has 0 fully saturated rings. The number of aliphatic hydroxyl groups excluding tert-OH is 1. The molecule has 2 atom stereocenters. The smallest absolute Gasteiger partial charge is 0.0726 e. The molecule has 0 aliphatic carbocycles. The standard InChI is InChI=1S/C10H20O2/c1-8(2)5-10(11)6-9(3)7-12-4/h5,9-11H,6-7H2,1-4H3. The van der Waals surface area contributed by atoms with Gasteiger partial charge in [-0.25, -0.2) is 0 Å². The highest BCUT2D eigenvalue weighted by Crippen LogP contribution is 2.08. The van der Waals surface area contributed by atoms with E-state index in [1.165, 1.54) is 0 Å². The average Bonchev–Trinajstić information content (AvgIpc) is 1.84. The molecule has 2 nitrogen and oxygen atoms in total. The molecule has 0 aromatic heterocycles. The van der Waals surface area contributed by atoms with E-state index in [-0.39, 0.29) is 6.10 Å². The third-order valence-corrected chi connectivity index (χ3v) is 1.62. The van der Waals surface area contributed by atoms with Crippen molar-refractivity contribution in [3.8, 4) is 0 Å². The van der Waals surface area contributed by atoms with Crippen LogP contribution in [0, 0.1) is 5.92 Å². The minimum Gasteiger partial charge on any atom is -0.389 e. The van der Waals surface area contributed by atoms with Crippen molar-refractivity contribution in [1.82, 2.24) is 0 Å². The van der Waals surface area contributed by atoms with Crippen molar-refractivity contribution in [2.24, 2.45) is 5.92 Å². The highest BCUT2D eigenvalue weighted by atomic mass is 16.5. The van der Waals surface area contributed by atoms with Crippen LogP contribution in [0.15, 0.2) is 11.6 Å². The summed E-state index contributed by atoms with van der Waals surface area (Å²) in [5.41, 5.74) is 1.16. The highest BCUT2D eigenvalue weighted by Gasteiger charge is 2.07. The Morgan fingerprint density at radius 3 is 2.50 bits per heavy atom. The summed E-state index contributed by atoms with van der Waals surface area (Å²) in [5.74, 6) is 0.417. The molecule has 0 saturated carbocycles. The maximum atomic E-state index is 9.48. The van der Waals surface area contributed by atoms with Crippen LogP contribution < -0.4 is 0 Å². The van der Waals surface area contributed by atoms with Gasteiger partial charge in [0.1, 0.15) is 0 Å². The molecule has 0 heterocycles. The van der Waals surface area contributed by atoms with Crippen LogP contribution in [0.3, 0.4) is 0 Å². The van der Waals surface area contributed by atoms with E-state index in [0.29, 0.717) is 12.5 Å². The molecule has 72 valence electrons. The van der Waals surface area contributed by atoms with Crippen LogP contribution in [0.2, 0.25) is 0 Å². The molecule has 0 aromatic rings. The lowest BCUT2D eigenvalue weighted by Crippen LogP contribution is -2.13. The number of rotatable bonds is 5. The molecule has 0 aromatic carbocycles. The molecule has 12 heavy (non-hydrogen) atoms. The molecule has 0 bridgehead atoms.